The van der Waals surface area contributed by atoms with Crippen molar-refractivity contribution in [3.63, 3.8) is 0 Å². The highest BCUT2D eigenvalue weighted by Gasteiger charge is 2.13. The fourth-order valence-corrected chi connectivity index (χ4v) is 3.17. The minimum Gasteiger partial charge on any atom is -0.493 e. The third-order valence-corrected chi connectivity index (χ3v) is 4.20. The van der Waals surface area contributed by atoms with Gasteiger partial charge in [0.2, 0.25) is 0 Å². The van der Waals surface area contributed by atoms with Crippen molar-refractivity contribution in [1.82, 2.24) is 0 Å². The maximum absolute atomic E-state index is 11.2. The Morgan fingerprint density at radius 2 is 1.88 bits per heavy atom. The van der Waals surface area contributed by atoms with Crippen LogP contribution in [0.3, 0.4) is 0 Å². The van der Waals surface area contributed by atoms with Crippen LogP contribution in [0, 0.1) is 25.2 Å². The number of ether oxygens (including phenoxy) is 2. The van der Waals surface area contributed by atoms with E-state index >= 15 is 0 Å². The number of carbonyl (C=O) groups excluding carboxylic acids is 1. The second-order valence-electron chi connectivity index (χ2n) is 5.85. The van der Waals surface area contributed by atoms with Crippen molar-refractivity contribution in [3.05, 3.63) is 62.6 Å². The Hall–Kier alpha value is -2.78. The van der Waals surface area contributed by atoms with Crippen LogP contribution in [0.25, 0.3) is 6.08 Å². The molecule has 0 aliphatic rings. The molecule has 0 spiro atoms. The van der Waals surface area contributed by atoms with E-state index in [4.69, 9.17) is 20.5 Å². The molecule has 2 rings (SSSR count). The number of rotatable bonds is 6. The fourth-order valence-electron chi connectivity index (χ4n) is 2.60. The van der Waals surface area contributed by atoms with Crippen LogP contribution >= 0.6 is 15.9 Å². The van der Waals surface area contributed by atoms with Gasteiger partial charge in [0.25, 0.3) is 5.91 Å². The van der Waals surface area contributed by atoms with Gasteiger partial charge in [-0.2, -0.15) is 5.26 Å². The zero-order valence-corrected chi connectivity index (χ0v) is 16.4. The quantitative estimate of drug-likeness (QED) is 0.570. The molecule has 0 unspecified atom stereocenters. The molecule has 0 radical (unpaired) electrons. The summed E-state index contributed by atoms with van der Waals surface area (Å²) >= 11 is 3.46. The van der Waals surface area contributed by atoms with Crippen LogP contribution in [0.1, 0.15) is 22.3 Å². The normalized spacial score (nSPS) is 11.0. The number of benzene rings is 2. The van der Waals surface area contributed by atoms with Crippen LogP contribution in [0.2, 0.25) is 0 Å². The van der Waals surface area contributed by atoms with Gasteiger partial charge in [-0.25, -0.2) is 0 Å². The molecule has 0 fully saturated rings. The zero-order chi connectivity index (χ0) is 19.3. The Balaban J connectivity index is 2.32. The van der Waals surface area contributed by atoms with Gasteiger partial charge in [-0.05, 0) is 59.1 Å². The maximum Gasteiger partial charge on any atom is 0.259 e. The lowest BCUT2D eigenvalue weighted by Crippen LogP contribution is -2.12. The molecule has 0 atom stereocenters. The molecule has 1 amide bonds. The number of nitrogens with two attached hydrogens (primary N) is 1. The Morgan fingerprint density at radius 3 is 2.42 bits per heavy atom. The first-order chi connectivity index (χ1) is 12.3. The molecule has 134 valence electrons. The predicted molar refractivity (Wildman–Crippen MR) is 104 cm³/mol. The third-order valence-electron chi connectivity index (χ3n) is 3.61. The van der Waals surface area contributed by atoms with E-state index in [-0.39, 0.29) is 5.57 Å². The Kier molecular flexibility index (Phi) is 6.42. The number of halogens is 1. The van der Waals surface area contributed by atoms with Gasteiger partial charge in [0, 0.05) is 0 Å². The van der Waals surface area contributed by atoms with Crippen LogP contribution in [0.4, 0.5) is 0 Å². The van der Waals surface area contributed by atoms with Gasteiger partial charge in [-0.15, -0.1) is 0 Å². The highest BCUT2D eigenvalue weighted by Crippen LogP contribution is 2.37. The lowest BCUT2D eigenvalue weighted by Gasteiger charge is -2.14. The number of primary amides is 1. The second kappa shape index (κ2) is 8.54. The Bertz CT molecular complexity index is 894. The number of hydrogen-bond acceptors (Lipinski definition) is 4. The second-order valence-corrected chi connectivity index (χ2v) is 6.71. The van der Waals surface area contributed by atoms with E-state index in [1.807, 2.05) is 13.8 Å². The van der Waals surface area contributed by atoms with Crippen molar-refractivity contribution in [1.29, 1.82) is 5.26 Å². The van der Waals surface area contributed by atoms with Gasteiger partial charge in [0.1, 0.15) is 18.2 Å². The number of carbonyl (C=O) groups is 1. The lowest BCUT2D eigenvalue weighted by atomic mass is 10.1. The van der Waals surface area contributed by atoms with Gasteiger partial charge < -0.3 is 15.2 Å². The summed E-state index contributed by atoms with van der Waals surface area (Å²) in [5.41, 5.74) is 9.04. The molecule has 0 heterocycles. The summed E-state index contributed by atoms with van der Waals surface area (Å²) in [7, 11) is 1.53. The monoisotopic (exact) mass is 414 g/mol. The third kappa shape index (κ3) is 4.87. The molecule has 5 nitrogen and oxygen atoms in total. The standard InChI is InChI=1S/C20H19BrN2O3/c1-12-4-13(2)6-15(5-12)11-26-19-17(21)8-14(9-18(19)25-3)7-16(10-22)20(23)24/h4-9H,11H2,1-3H3,(H2,23,24)/b16-7+. The summed E-state index contributed by atoms with van der Waals surface area (Å²) in [6.45, 7) is 4.47. The largest absolute Gasteiger partial charge is 0.493 e. The van der Waals surface area contributed by atoms with E-state index in [2.05, 4.69) is 34.1 Å². The van der Waals surface area contributed by atoms with Crippen molar-refractivity contribution < 1.29 is 14.3 Å². The van der Waals surface area contributed by atoms with E-state index in [0.717, 1.165) is 5.56 Å². The molecule has 2 aromatic rings. The minimum atomic E-state index is -0.780. The summed E-state index contributed by atoms with van der Waals surface area (Å²) in [5.74, 6) is 0.246. The van der Waals surface area contributed by atoms with E-state index in [9.17, 15) is 4.79 Å². The molecular weight excluding hydrogens is 396 g/mol. The number of hydrogen-bond donors (Lipinski definition) is 1. The SMILES string of the molecule is COc1cc(/C=C(\C#N)C(N)=O)cc(Br)c1OCc1cc(C)cc(C)c1. The van der Waals surface area contributed by atoms with Crippen molar-refractivity contribution in [2.45, 2.75) is 20.5 Å². The number of nitriles is 1. The lowest BCUT2D eigenvalue weighted by molar-refractivity contribution is -0.114. The van der Waals surface area contributed by atoms with Crippen LogP contribution in [-0.4, -0.2) is 13.0 Å². The maximum atomic E-state index is 11.2. The smallest absolute Gasteiger partial charge is 0.259 e. The summed E-state index contributed by atoms with van der Waals surface area (Å²) in [6.07, 6.45) is 1.41. The molecule has 0 aliphatic heterocycles. The predicted octanol–water partition coefficient (Wildman–Crippen LogP) is 4.05. The summed E-state index contributed by atoms with van der Waals surface area (Å²) in [6, 6.07) is 11.4. The minimum absolute atomic E-state index is 0.136. The zero-order valence-electron chi connectivity index (χ0n) is 14.8. The van der Waals surface area contributed by atoms with Gasteiger partial charge >= 0.3 is 0 Å². The number of methoxy groups -OCH3 is 1. The average molecular weight is 415 g/mol. The van der Waals surface area contributed by atoms with Gasteiger partial charge in [-0.1, -0.05) is 29.3 Å². The van der Waals surface area contributed by atoms with E-state index in [1.54, 1.807) is 18.2 Å². The average Bonchev–Trinajstić information content (AvgIpc) is 2.57. The van der Waals surface area contributed by atoms with Gasteiger partial charge in [-0.3, -0.25) is 4.79 Å². The van der Waals surface area contributed by atoms with Gasteiger partial charge in [0.15, 0.2) is 11.5 Å². The Labute approximate surface area is 161 Å². The topological polar surface area (TPSA) is 85.3 Å². The van der Waals surface area contributed by atoms with Crippen molar-refractivity contribution in [2.24, 2.45) is 5.73 Å². The van der Waals surface area contributed by atoms with E-state index in [0.29, 0.717) is 28.1 Å². The highest BCUT2D eigenvalue weighted by molar-refractivity contribution is 9.10. The fraction of sp³-hybridized carbons (Fsp3) is 0.200. The van der Waals surface area contributed by atoms with Crippen molar-refractivity contribution in [3.8, 4) is 17.6 Å². The summed E-state index contributed by atoms with van der Waals surface area (Å²) < 4.78 is 12.0. The van der Waals surface area contributed by atoms with E-state index < -0.39 is 5.91 Å². The van der Waals surface area contributed by atoms with Crippen molar-refractivity contribution >= 4 is 27.9 Å². The molecule has 2 N–H and O–H groups in total. The molecule has 0 saturated heterocycles. The summed E-state index contributed by atoms with van der Waals surface area (Å²) in [4.78, 5) is 11.2. The van der Waals surface area contributed by atoms with Crippen molar-refractivity contribution in [2.75, 3.05) is 7.11 Å². The first-order valence-electron chi connectivity index (χ1n) is 7.83. The first-order valence-corrected chi connectivity index (χ1v) is 8.62. The number of amides is 1. The Morgan fingerprint density at radius 1 is 1.23 bits per heavy atom. The summed E-state index contributed by atoms with van der Waals surface area (Å²) in [5, 5.41) is 8.98. The first kappa shape index (κ1) is 19.5. The molecule has 0 bridgehead atoms. The van der Waals surface area contributed by atoms with Gasteiger partial charge in [0.05, 0.1) is 11.6 Å². The highest BCUT2D eigenvalue weighted by atomic mass is 79.9. The van der Waals surface area contributed by atoms with Crippen LogP contribution < -0.4 is 15.2 Å². The molecule has 26 heavy (non-hydrogen) atoms. The molecular formula is C20H19BrN2O3. The number of aryl methyl sites for hydroxylation is 2. The molecule has 0 saturated carbocycles. The van der Waals surface area contributed by atoms with Crippen LogP contribution in [0.15, 0.2) is 40.4 Å². The molecule has 2 aromatic carbocycles. The number of nitrogens with zero attached hydrogens (tertiary/aromatic N) is 1. The molecule has 6 heteroatoms. The van der Waals surface area contributed by atoms with Crippen LogP contribution in [0.5, 0.6) is 11.5 Å². The molecule has 0 aliphatic carbocycles. The molecule has 0 aromatic heterocycles. The van der Waals surface area contributed by atoms with Crippen LogP contribution in [-0.2, 0) is 11.4 Å². The van der Waals surface area contributed by atoms with E-state index in [1.165, 1.54) is 24.3 Å².